The second kappa shape index (κ2) is 4.10. The molecule has 6 heteroatoms. The van der Waals surface area contributed by atoms with Crippen LogP contribution in [0.5, 0.6) is 0 Å². The number of rotatable bonds is 2. The van der Waals surface area contributed by atoms with E-state index in [4.69, 9.17) is 0 Å². The van der Waals surface area contributed by atoms with Gasteiger partial charge in [-0.25, -0.2) is 9.97 Å². The Hall–Kier alpha value is -0.880. The van der Waals surface area contributed by atoms with Gasteiger partial charge in [-0.3, -0.25) is 5.10 Å². The van der Waals surface area contributed by atoms with Crippen molar-refractivity contribution in [3.05, 3.63) is 28.6 Å². The van der Waals surface area contributed by atoms with E-state index in [2.05, 4.69) is 36.1 Å². The Kier molecular flexibility index (Phi) is 2.83. The zero-order valence-corrected chi connectivity index (χ0v) is 9.76. The first kappa shape index (κ1) is 9.67. The third kappa shape index (κ3) is 1.96. The Morgan fingerprint density at radius 2 is 2.29 bits per heavy atom. The number of aromatic nitrogens is 4. The van der Waals surface area contributed by atoms with Gasteiger partial charge in [-0.05, 0) is 46.2 Å². The van der Waals surface area contributed by atoms with Gasteiger partial charge < -0.3 is 0 Å². The lowest BCUT2D eigenvalue weighted by Crippen LogP contribution is -1.86. The Morgan fingerprint density at radius 3 is 3.00 bits per heavy atom. The molecule has 0 aliphatic heterocycles. The maximum Gasteiger partial charge on any atom is 0.189 e. The lowest BCUT2D eigenvalue weighted by Gasteiger charge is -2.02. The number of H-pyrrole nitrogens is 1. The molecule has 0 radical (unpaired) electrons. The minimum atomic E-state index is 0.740. The molecular formula is C8H7BrN4S. The summed E-state index contributed by atoms with van der Waals surface area (Å²) in [5.74, 6) is 0. The molecule has 2 aromatic rings. The van der Waals surface area contributed by atoms with E-state index in [1.54, 1.807) is 6.20 Å². The Morgan fingerprint density at radius 1 is 1.43 bits per heavy atom. The van der Waals surface area contributed by atoms with E-state index in [1.165, 1.54) is 18.1 Å². The van der Waals surface area contributed by atoms with Crippen LogP contribution in [-0.2, 0) is 0 Å². The zero-order chi connectivity index (χ0) is 9.97. The molecule has 0 aliphatic rings. The minimum Gasteiger partial charge on any atom is -0.254 e. The molecule has 14 heavy (non-hydrogen) atoms. The van der Waals surface area contributed by atoms with Crippen LogP contribution < -0.4 is 0 Å². The maximum atomic E-state index is 4.24. The highest BCUT2D eigenvalue weighted by Crippen LogP contribution is 2.30. The summed E-state index contributed by atoms with van der Waals surface area (Å²) in [6, 6.07) is 1.95. The number of aryl methyl sites for hydroxylation is 1. The van der Waals surface area contributed by atoms with Crippen LogP contribution in [0.25, 0.3) is 0 Å². The summed E-state index contributed by atoms with van der Waals surface area (Å²) in [5, 5.41) is 8.17. The highest BCUT2D eigenvalue weighted by atomic mass is 79.9. The third-order valence-electron chi connectivity index (χ3n) is 1.64. The molecule has 0 saturated carbocycles. The van der Waals surface area contributed by atoms with Crippen molar-refractivity contribution >= 4 is 27.7 Å². The van der Waals surface area contributed by atoms with Crippen LogP contribution in [0, 0.1) is 6.92 Å². The smallest absolute Gasteiger partial charge is 0.189 e. The van der Waals surface area contributed by atoms with Crippen LogP contribution in [0.1, 0.15) is 5.56 Å². The van der Waals surface area contributed by atoms with Gasteiger partial charge in [-0.15, -0.1) is 0 Å². The molecule has 0 saturated heterocycles. The van der Waals surface area contributed by atoms with Crippen molar-refractivity contribution < 1.29 is 0 Å². The van der Waals surface area contributed by atoms with Gasteiger partial charge in [-0.1, -0.05) is 0 Å². The molecular weight excluding hydrogens is 264 g/mol. The van der Waals surface area contributed by atoms with Crippen molar-refractivity contribution in [3.63, 3.8) is 0 Å². The maximum absolute atomic E-state index is 4.24. The van der Waals surface area contributed by atoms with Crippen LogP contribution in [0.4, 0.5) is 0 Å². The summed E-state index contributed by atoms with van der Waals surface area (Å²) in [5.41, 5.74) is 1.15. The second-order valence-electron chi connectivity index (χ2n) is 2.64. The Balaban J connectivity index is 2.29. The van der Waals surface area contributed by atoms with E-state index >= 15 is 0 Å². The van der Waals surface area contributed by atoms with Crippen LogP contribution >= 0.6 is 27.7 Å². The van der Waals surface area contributed by atoms with Crippen LogP contribution in [0.2, 0.25) is 0 Å². The molecule has 0 amide bonds. The number of aromatic amines is 1. The quantitative estimate of drug-likeness (QED) is 0.911. The van der Waals surface area contributed by atoms with E-state index in [9.17, 15) is 0 Å². The topological polar surface area (TPSA) is 54.5 Å². The van der Waals surface area contributed by atoms with Gasteiger partial charge in [0.1, 0.15) is 11.4 Å². The third-order valence-corrected chi connectivity index (χ3v) is 3.79. The van der Waals surface area contributed by atoms with Crippen molar-refractivity contribution in [1.82, 2.24) is 20.2 Å². The lowest BCUT2D eigenvalue weighted by atomic mass is 10.3. The Bertz CT molecular complexity index is 429. The number of nitrogens with zero attached hydrogens (tertiary/aromatic N) is 3. The highest BCUT2D eigenvalue weighted by Gasteiger charge is 2.07. The summed E-state index contributed by atoms with van der Waals surface area (Å²) in [4.78, 5) is 8.26. The summed E-state index contributed by atoms with van der Waals surface area (Å²) in [7, 11) is 0. The van der Waals surface area contributed by atoms with E-state index < -0.39 is 0 Å². The number of pyridine rings is 1. The number of nitrogens with one attached hydrogen (secondary N) is 1. The SMILES string of the molecule is Cc1ccnc(Sc2ncn[nH]2)c1Br. The lowest BCUT2D eigenvalue weighted by molar-refractivity contribution is 0.964. The predicted octanol–water partition coefficient (Wildman–Crippen LogP) is 2.42. The van der Waals surface area contributed by atoms with E-state index in [0.717, 1.165) is 20.2 Å². The van der Waals surface area contributed by atoms with Crippen molar-refractivity contribution in [1.29, 1.82) is 0 Å². The fraction of sp³-hybridized carbons (Fsp3) is 0.125. The summed E-state index contributed by atoms with van der Waals surface area (Å²) in [6.07, 6.45) is 3.25. The van der Waals surface area contributed by atoms with Crippen molar-refractivity contribution in [3.8, 4) is 0 Å². The van der Waals surface area contributed by atoms with Crippen LogP contribution in [0.15, 0.2) is 33.2 Å². The molecule has 1 N–H and O–H groups in total. The van der Waals surface area contributed by atoms with Crippen LogP contribution in [-0.4, -0.2) is 20.2 Å². The highest BCUT2D eigenvalue weighted by molar-refractivity contribution is 9.10. The molecule has 0 unspecified atom stereocenters. The van der Waals surface area contributed by atoms with Crippen molar-refractivity contribution in [2.75, 3.05) is 0 Å². The Labute approximate surface area is 93.7 Å². The average molecular weight is 271 g/mol. The largest absolute Gasteiger partial charge is 0.254 e. The van der Waals surface area contributed by atoms with Crippen molar-refractivity contribution in [2.45, 2.75) is 17.1 Å². The first-order chi connectivity index (χ1) is 6.77. The summed E-state index contributed by atoms with van der Waals surface area (Å²) < 4.78 is 1.00. The monoisotopic (exact) mass is 270 g/mol. The van der Waals surface area contributed by atoms with E-state index in [0.29, 0.717) is 0 Å². The molecule has 72 valence electrons. The van der Waals surface area contributed by atoms with E-state index in [-0.39, 0.29) is 0 Å². The van der Waals surface area contributed by atoms with Gasteiger partial charge >= 0.3 is 0 Å². The van der Waals surface area contributed by atoms with Gasteiger partial charge in [0.25, 0.3) is 0 Å². The van der Waals surface area contributed by atoms with Gasteiger partial charge in [0.05, 0.1) is 4.47 Å². The standard InChI is InChI=1S/C8H7BrN4S/c1-5-2-3-10-7(6(5)9)14-8-11-4-12-13-8/h2-4H,1H3,(H,11,12,13). The molecule has 0 fully saturated rings. The van der Waals surface area contributed by atoms with Gasteiger partial charge in [0, 0.05) is 6.20 Å². The fourth-order valence-electron chi connectivity index (χ4n) is 0.921. The fourth-order valence-corrected chi connectivity index (χ4v) is 2.14. The predicted molar refractivity (Wildman–Crippen MR) is 57.2 cm³/mol. The van der Waals surface area contributed by atoms with Crippen LogP contribution in [0.3, 0.4) is 0 Å². The molecule has 0 spiro atoms. The molecule has 2 aromatic heterocycles. The van der Waals surface area contributed by atoms with Gasteiger partial charge in [-0.2, -0.15) is 5.10 Å². The average Bonchev–Trinajstić information content (AvgIpc) is 2.66. The minimum absolute atomic E-state index is 0.740. The molecule has 2 heterocycles. The molecule has 4 nitrogen and oxygen atoms in total. The van der Waals surface area contributed by atoms with E-state index in [1.807, 2.05) is 13.0 Å². The first-order valence-electron chi connectivity index (χ1n) is 3.91. The normalized spacial score (nSPS) is 10.4. The van der Waals surface area contributed by atoms with Gasteiger partial charge in [0.15, 0.2) is 5.16 Å². The number of hydrogen-bond acceptors (Lipinski definition) is 4. The summed E-state index contributed by atoms with van der Waals surface area (Å²) >= 11 is 4.93. The molecule has 0 bridgehead atoms. The second-order valence-corrected chi connectivity index (χ2v) is 4.41. The molecule has 0 aliphatic carbocycles. The number of hydrogen-bond donors (Lipinski definition) is 1. The summed E-state index contributed by atoms with van der Waals surface area (Å²) in [6.45, 7) is 2.02. The molecule has 0 atom stereocenters. The zero-order valence-electron chi connectivity index (χ0n) is 7.36. The molecule has 0 aromatic carbocycles. The van der Waals surface area contributed by atoms with Crippen molar-refractivity contribution in [2.24, 2.45) is 0 Å². The first-order valence-corrected chi connectivity index (χ1v) is 5.52. The number of halogens is 1. The molecule has 2 rings (SSSR count). The van der Waals surface area contributed by atoms with Gasteiger partial charge in [0.2, 0.25) is 0 Å².